The second kappa shape index (κ2) is 6.75. The monoisotopic (exact) mass is 364 g/mol. The summed E-state index contributed by atoms with van der Waals surface area (Å²) in [6.07, 6.45) is 0.0663. The Balaban J connectivity index is 2.11. The SMILES string of the molecule is COc1ccc(C2Oc3ccc(Cl)cc3C(Cl)=C2C=O)cc1OC. The first-order valence-electron chi connectivity index (χ1n) is 7.12. The molecule has 0 saturated carbocycles. The van der Waals surface area contributed by atoms with E-state index < -0.39 is 6.10 Å². The van der Waals surface area contributed by atoms with Gasteiger partial charge in [-0.15, -0.1) is 0 Å². The number of benzene rings is 2. The molecule has 0 saturated heterocycles. The molecule has 3 rings (SSSR count). The summed E-state index contributed by atoms with van der Waals surface area (Å²) in [5.41, 5.74) is 1.66. The number of ether oxygens (including phenoxy) is 3. The molecule has 1 unspecified atom stereocenters. The van der Waals surface area contributed by atoms with Crippen molar-refractivity contribution in [2.75, 3.05) is 14.2 Å². The molecule has 0 aromatic heterocycles. The van der Waals surface area contributed by atoms with Crippen LogP contribution in [0.4, 0.5) is 0 Å². The van der Waals surface area contributed by atoms with Crippen LogP contribution in [0.15, 0.2) is 42.0 Å². The highest BCUT2D eigenvalue weighted by Crippen LogP contribution is 2.45. The minimum atomic E-state index is -0.636. The maximum absolute atomic E-state index is 11.6. The van der Waals surface area contributed by atoms with Crippen LogP contribution in [-0.2, 0) is 4.79 Å². The molecular weight excluding hydrogens is 351 g/mol. The molecule has 6 heteroatoms. The second-order valence-electron chi connectivity index (χ2n) is 5.14. The Morgan fingerprint density at radius 2 is 1.79 bits per heavy atom. The fourth-order valence-electron chi connectivity index (χ4n) is 2.61. The van der Waals surface area contributed by atoms with Gasteiger partial charge in [-0.25, -0.2) is 0 Å². The van der Waals surface area contributed by atoms with Crippen LogP contribution < -0.4 is 14.2 Å². The van der Waals surface area contributed by atoms with Crippen LogP contribution in [0.2, 0.25) is 5.02 Å². The Labute approximate surface area is 149 Å². The summed E-state index contributed by atoms with van der Waals surface area (Å²) in [4.78, 5) is 11.6. The van der Waals surface area contributed by atoms with Gasteiger partial charge in [-0.3, -0.25) is 4.79 Å². The maximum Gasteiger partial charge on any atom is 0.161 e. The molecule has 0 bridgehead atoms. The van der Waals surface area contributed by atoms with Crippen LogP contribution in [0.5, 0.6) is 17.2 Å². The number of fused-ring (bicyclic) bond motifs is 1. The summed E-state index contributed by atoms with van der Waals surface area (Å²) in [7, 11) is 3.10. The third-order valence-electron chi connectivity index (χ3n) is 3.80. The van der Waals surface area contributed by atoms with E-state index in [1.165, 1.54) is 0 Å². The molecule has 1 atom stereocenters. The third kappa shape index (κ3) is 2.83. The maximum atomic E-state index is 11.6. The van der Waals surface area contributed by atoms with Crippen molar-refractivity contribution in [2.24, 2.45) is 0 Å². The van der Waals surface area contributed by atoms with E-state index >= 15 is 0 Å². The lowest BCUT2D eigenvalue weighted by atomic mass is 9.96. The van der Waals surface area contributed by atoms with Crippen molar-refractivity contribution in [1.82, 2.24) is 0 Å². The van der Waals surface area contributed by atoms with Crippen LogP contribution in [0.3, 0.4) is 0 Å². The number of methoxy groups -OCH3 is 2. The lowest BCUT2D eigenvalue weighted by molar-refractivity contribution is -0.105. The van der Waals surface area contributed by atoms with Crippen molar-refractivity contribution in [3.63, 3.8) is 0 Å². The fourth-order valence-corrected chi connectivity index (χ4v) is 3.08. The lowest BCUT2D eigenvalue weighted by Crippen LogP contribution is -2.17. The molecule has 0 aliphatic carbocycles. The van der Waals surface area contributed by atoms with Crippen LogP contribution in [0.1, 0.15) is 17.2 Å². The van der Waals surface area contributed by atoms with E-state index in [4.69, 9.17) is 37.4 Å². The predicted octanol–water partition coefficient (Wildman–Crippen LogP) is 4.64. The molecule has 1 aliphatic rings. The summed E-state index contributed by atoms with van der Waals surface area (Å²) in [5.74, 6) is 1.70. The van der Waals surface area contributed by atoms with Gasteiger partial charge in [-0.1, -0.05) is 29.3 Å². The predicted molar refractivity (Wildman–Crippen MR) is 93.2 cm³/mol. The minimum absolute atomic E-state index is 0.327. The Bertz CT molecular complexity index is 830. The molecule has 1 aliphatic heterocycles. The van der Waals surface area contributed by atoms with Crippen molar-refractivity contribution in [3.05, 3.63) is 58.1 Å². The van der Waals surface area contributed by atoms with E-state index in [2.05, 4.69) is 0 Å². The van der Waals surface area contributed by atoms with Crippen LogP contribution in [0.25, 0.3) is 5.03 Å². The Morgan fingerprint density at radius 3 is 2.46 bits per heavy atom. The van der Waals surface area contributed by atoms with E-state index in [1.807, 2.05) is 0 Å². The number of hydrogen-bond donors (Lipinski definition) is 0. The molecule has 24 heavy (non-hydrogen) atoms. The van der Waals surface area contributed by atoms with Gasteiger partial charge < -0.3 is 14.2 Å². The molecule has 4 nitrogen and oxygen atoms in total. The number of halogens is 2. The van der Waals surface area contributed by atoms with Crippen molar-refractivity contribution in [1.29, 1.82) is 0 Å². The first kappa shape index (κ1) is 16.7. The highest BCUT2D eigenvalue weighted by atomic mass is 35.5. The molecule has 0 N–H and O–H groups in total. The average molecular weight is 365 g/mol. The summed E-state index contributed by atoms with van der Waals surface area (Å²) >= 11 is 12.4. The second-order valence-corrected chi connectivity index (χ2v) is 5.95. The van der Waals surface area contributed by atoms with E-state index in [0.717, 1.165) is 5.56 Å². The van der Waals surface area contributed by atoms with Crippen LogP contribution in [0, 0.1) is 0 Å². The number of aldehydes is 1. The quantitative estimate of drug-likeness (QED) is 0.741. The zero-order valence-electron chi connectivity index (χ0n) is 13.0. The van der Waals surface area contributed by atoms with Gasteiger partial charge in [0.15, 0.2) is 23.9 Å². The summed E-state index contributed by atoms with van der Waals surface area (Å²) in [6, 6.07) is 10.4. The minimum Gasteiger partial charge on any atom is -0.493 e. The third-order valence-corrected chi connectivity index (χ3v) is 4.45. The summed E-state index contributed by atoms with van der Waals surface area (Å²) < 4.78 is 16.5. The molecule has 1 heterocycles. The molecule has 2 aromatic rings. The van der Waals surface area contributed by atoms with Crippen LogP contribution in [-0.4, -0.2) is 20.5 Å². The molecule has 124 valence electrons. The topological polar surface area (TPSA) is 44.8 Å². The van der Waals surface area contributed by atoms with E-state index in [0.29, 0.717) is 44.7 Å². The van der Waals surface area contributed by atoms with E-state index in [1.54, 1.807) is 50.6 Å². The smallest absolute Gasteiger partial charge is 0.161 e. The molecule has 0 spiro atoms. The Hall–Kier alpha value is -2.17. The first-order chi connectivity index (χ1) is 11.6. The Kier molecular flexibility index (Phi) is 4.69. The van der Waals surface area contributed by atoms with Gasteiger partial charge in [0.2, 0.25) is 0 Å². The van der Waals surface area contributed by atoms with E-state index in [9.17, 15) is 4.79 Å². The van der Waals surface area contributed by atoms with E-state index in [-0.39, 0.29) is 0 Å². The zero-order chi connectivity index (χ0) is 17.3. The number of rotatable bonds is 4. The molecule has 0 amide bonds. The van der Waals surface area contributed by atoms with Gasteiger partial charge in [0.25, 0.3) is 0 Å². The largest absolute Gasteiger partial charge is 0.493 e. The normalized spacial score (nSPS) is 16.2. The van der Waals surface area contributed by atoms with Crippen molar-refractivity contribution in [2.45, 2.75) is 6.10 Å². The lowest BCUT2D eigenvalue weighted by Gasteiger charge is -2.27. The fraction of sp³-hybridized carbons (Fsp3) is 0.167. The van der Waals surface area contributed by atoms with Gasteiger partial charge in [0.05, 0.1) is 24.8 Å². The van der Waals surface area contributed by atoms with Gasteiger partial charge in [0.1, 0.15) is 5.75 Å². The highest BCUT2D eigenvalue weighted by molar-refractivity contribution is 6.51. The molecule has 0 fully saturated rings. The van der Waals surface area contributed by atoms with Gasteiger partial charge in [-0.2, -0.15) is 0 Å². The molecule has 0 radical (unpaired) electrons. The van der Waals surface area contributed by atoms with Gasteiger partial charge in [-0.05, 0) is 30.3 Å². The van der Waals surface area contributed by atoms with Crippen molar-refractivity contribution < 1.29 is 19.0 Å². The number of carbonyl (C=O) groups is 1. The number of carbonyl (C=O) groups excluding carboxylic acids is 1. The molecule has 2 aromatic carbocycles. The zero-order valence-corrected chi connectivity index (χ0v) is 14.5. The molecular formula is C18H14Cl2O4. The summed E-state index contributed by atoms with van der Waals surface area (Å²) in [5, 5.41) is 0.846. The van der Waals surface area contributed by atoms with Crippen molar-refractivity contribution in [3.8, 4) is 17.2 Å². The number of hydrogen-bond acceptors (Lipinski definition) is 4. The van der Waals surface area contributed by atoms with Crippen molar-refractivity contribution >= 4 is 34.5 Å². The standard InChI is InChI=1S/C18H14Cl2O4/c1-22-15-5-3-10(7-16(15)23-2)18-13(9-21)17(20)12-8-11(19)4-6-14(12)24-18/h3-9,18H,1-2H3. The first-order valence-corrected chi connectivity index (χ1v) is 7.88. The average Bonchev–Trinajstić information content (AvgIpc) is 2.61. The Morgan fingerprint density at radius 1 is 1.04 bits per heavy atom. The summed E-state index contributed by atoms with van der Waals surface area (Å²) in [6.45, 7) is 0. The van der Waals surface area contributed by atoms with Gasteiger partial charge >= 0.3 is 0 Å². The highest BCUT2D eigenvalue weighted by Gasteiger charge is 2.30. The van der Waals surface area contributed by atoms with Gasteiger partial charge in [0, 0.05) is 16.1 Å². The van der Waals surface area contributed by atoms with Crippen LogP contribution >= 0.6 is 23.2 Å².